The van der Waals surface area contributed by atoms with Crippen molar-refractivity contribution in [2.24, 2.45) is 5.92 Å². The Morgan fingerprint density at radius 3 is 2.24 bits per heavy atom. The van der Waals surface area contributed by atoms with Gasteiger partial charge in [-0.15, -0.1) is 0 Å². The number of piperidine rings is 1. The second kappa shape index (κ2) is 9.44. The van der Waals surface area contributed by atoms with Gasteiger partial charge in [0.25, 0.3) is 5.91 Å². The molecule has 1 aromatic rings. The third kappa shape index (κ3) is 5.21. The van der Waals surface area contributed by atoms with E-state index in [1.54, 1.807) is 12.1 Å². The van der Waals surface area contributed by atoms with E-state index >= 15 is 0 Å². The number of ether oxygens (including phenoxy) is 1. The Kier molecular flexibility index (Phi) is 7.29. The Morgan fingerprint density at radius 2 is 1.72 bits per heavy atom. The van der Waals surface area contributed by atoms with Gasteiger partial charge in [0.1, 0.15) is 5.75 Å². The van der Waals surface area contributed by atoms with Crippen molar-refractivity contribution in [2.75, 3.05) is 19.7 Å². The van der Waals surface area contributed by atoms with Gasteiger partial charge < -0.3 is 15.0 Å². The van der Waals surface area contributed by atoms with Crippen molar-refractivity contribution >= 4 is 11.8 Å². The molecule has 2 amide bonds. The minimum Gasteiger partial charge on any atom is -0.494 e. The van der Waals surface area contributed by atoms with Gasteiger partial charge in [-0.3, -0.25) is 9.59 Å². The molecule has 0 aromatic heterocycles. The fourth-order valence-electron chi connectivity index (χ4n) is 3.28. The van der Waals surface area contributed by atoms with Crippen LogP contribution in [0.3, 0.4) is 0 Å². The van der Waals surface area contributed by atoms with Crippen molar-refractivity contribution in [1.29, 1.82) is 0 Å². The van der Waals surface area contributed by atoms with Gasteiger partial charge in [0, 0.05) is 30.6 Å². The predicted molar refractivity (Wildman–Crippen MR) is 98.8 cm³/mol. The molecule has 0 radical (unpaired) electrons. The zero-order valence-corrected chi connectivity index (χ0v) is 15.6. The minimum absolute atomic E-state index is 0.0622. The first kappa shape index (κ1) is 19.3. The van der Waals surface area contributed by atoms with Crippen molar-refractivity contribution in [2.45, 2.75) is 52.5 Å². The molecule has 25 heavy (non-hydrogen) atoms. The molecule has 0 spiro atoms. The quantitative estimate of drug-likeness (QED) is 0.824. The molecular formula is C20H30N2O3. The van der Waals surface area contributed by atoms with Crippen LogP contribution in [0.1, 0.15) is 56.8 Å². The van der Waals surface area contributed by atoms with Crippen LogP contribution in [-0.2, 0) is 4.79 Å². The van der Waals surface area contributed by atoms with Crippen LogP contribution >= 0.6 is 0 Å². The summed E-state index contributed by atoms with van der Waals surface area (Å²) in [6, 6.07) is 7.33. The summed E-state index contributed by atoms with van der Waals surface area (Å²) in [6.45, 7) is 8.12. The Morgan fingerprint density at radius 1 is 1.12 bits per heavy atom. The maximum absolute atomic E-state index is 12.4. The molecule has 0 atom stereocenters. The summed E-state index contributed by atoms with van der Waals surface area (Å²) in [5.41, 5.74) is 0.638. The van der Waals surface area contributed by atoms with Gasteiger partial charge in [-0.1, -0.05) is 13.8 Å². The van der Waals surface area contributed by atoms with Crippen molar-refractivity contribution in [3.8, 4) is 5.75 Å². The van der Waals surface area contributed by atoms with Crippen molar-refractivity contribution < 1.29 is 14.3 Å². The Labute approximate surface area is 150 Å². The molecule has 1 N–H and O–H groups in total. The highest BCUT2D eigenvalue weighted by atomic mass is 16.5. The van der Waals surface area contributed by atoms with Crippen LogP contribution in [0, 0.1) is 5.92 Å². The second-order valence-corrected chi connectivity index (χ2v) is 6.54. The van der Waals surface area contributed by atoms with Crippen LogP contribution in [0.5, 0.6) is 5.75 Å². The van der Waals surface area contributed by atoms with Gasteiger partial charge in [0.15, 0.2) is 0 Å². The Bertz CT molecular complexity index is 559. The lowest BCUT2D eigenvalue weighted by Gasteiger charge is -2.34. The van der Waals surface area contributed by atoms with Crippen LogP contribution in [0.25, 0.3) is 0 Å². The zero-order chi connectivity index (χ0) is 18.2. The molecule has 1 aliphatic heterocycles. The van der Waals surface area contributed by atoms with E-state index in [2.05, 4.69) is 19.2 Å². The van der Waals surface area contributed by atoms with Crippen LogP contribution in [0.2, 0.25) is 0 Å². The van der Waals surface area contributed by atoms with E-state index < -0.39 is 0 Å². The van der Waals surface area contributed by atoms with Crippen LogP contribution < -0.4 is 10.1 Å². The third-order valence-corrected chi connectivity index (χ3v) is 4.90. The van der Waals surface area contributed by atoms with Gasteiger partial charge in [-0.05, 0) is 56.9 Å². The number of likely N-dealkylation sites (tertiary alicyclic amines) is 1. The van der Waals surface area contributed by atoms with Gasteiger partial charge in [0.05, 0.1) is 6.61 Å². The maximum atomic E-state index is 12.4. The molecule has 1 aliphatic rings. The highest BCUT2D eigenvalue weighted by Crippen LogP contribution is 2.18. The van der Waals surface area contributed by atoms with E-state index in [1.807, 2.05) is 24.0 Å². The summed E-state index contributed by atoms with van der Waals surface area (Å²) in [4.78, 5) is 26.7. The smallest absolute Gasteiger partial charge is 0.251 e. The number of rotatable bonds is 7. The first-order valence-corrected chi connectivity index (χ1v) is 9.41. The molecule has 0 unspecified atom stereocenters. The fourth-order valence-corrected chi connectivity index (χ4v) is 3.28. The van der Waals surface area contributed by atoms with Gasteiger partial charge >= 0.3 is 0 Å². The van der Waals surface area contributed by atoms with Crippen LogP contribution in [-0.4, -0.2) is 42.5 Å². The lowest BCUT2D eigenvalue weighted by molar-refractivity contribution is -0.136. The average Bonchev–Trinajstić information content (AvgIpc) is 2.64. The van der Waals surface area contributed by atoms with E-state index in [4.69, 9.17) is 4.74 Å². The molecule has 2 rings (SSSR count). The molecule has 1 heterocycles. The zero-order valence-electron chi connectivity index (χ0n) is 15.6. The molecule has 0 aliphatic carbocycles. The number of hydrogen-bond acceptors (Lipinski definition) is 3. The largest absolute Gasteiger partial charge is 0.494 e. The van der Waals surface area contributed by atoms with E-state index in [1.165, 1.54) is 0 Å². The predicted octanol–water partition coefficient (Wildman–Crippen LogP) is 3.24. The maximum Gasteiger partial charge on any atom is 0.251 e. The second-order valence-electron chi connectivity index (χ2n) is 6.54. The summed E-state index contributed by atoms with van der Waals surface area (Å²) >= 11 is 0. The number of amides is 2. The molecule has 1 aromatic carbocycles. The minimum atomic E-state index is -0.0622. The van der Waals surface area contributed by atoms with Gasteiger partial charge in [0.2, 0.25) is 5.91 Å². The average molecular weight is 346 g/mol. The number of carbonyl (C=O) groups is 2. The SMILES string of the molecule is CCOc1ccc(C(=O)NC2CCN(C(=O)C(CC)CC)CC2)cc1. The van der Waals surface area contributed by atoms with E-state index in [9.17, 15) is 9.59 Å². The number of benzene rings is 1. The van der Waals surface area contributed by atoms with Crippen molar-refractivity contribution in [1.82, 2.24) is 10.2 Å². The summed E-state index contributed by atoms with van der Waals surface area (Å²) in [7, 11) is 0. The molecule has 5 heteroatoms. The summed E-state index contributed by atoms with van der Waals surface area (Å²) in [5, 5.41) is 3.09. The lowest BCUT2D eigenvalue weighted by Crippen LogP contribution is -2.48. The third-order valence-electron chi connectivity index (χ3n) is 4.90. The Hall–Kier alpha value is -2.04. The number of nitrogens with one attached hydrogen (secondary N) is 1. The normalized spacial score (nSPS) is 15.3. The molecular weight excluding hydrogens is 316 g/mol. The van der Waals surface area contributed by atoms with E-state index in [0.29, 0.717) is 12.2 Å². The molecule has 138 valence electrons. The fraction of sp³-hybridized carbons (Fsp3) is 0.600. The van der Waals surface area contributed by atoms with Crippen LogP contribution in [0.15, 0.2) is 24.3 Å². The van der Waals surface area contributed by atoms with Gasteiger partial charge in [-0.25, -0.2) is 0 Å². The molecule has 5 nitrogen and oxygen atoms in total. The number of nitrogens with zero attached hydrogens (tertiary/aromatic N) is 1. The van der Waals surface area contributed by atoms with Crippen LogP contribution in [0.4, 0.5) is 0 Å². The van der Waals surface area contributed by atoms with Gasteiger partial charge in [-0.2, -0.15) is 0 Å². The van der Waals surface area contributed by atoms with E-state index in [0.717, 1.165) is 44.5 Å². The Balaban J connectivity index is 1.83. The summed E-state index contributed by atoms with van der Waals surface area (Å²) < 4.78 is 5.39. The molecule has 1 fully saturated rings. The summed E-state index contributed by atoms with van der Waals surface area (Å²) in [6.07, 6.45) is 3.41. The molecule has 1 saturated heterocycles. The first-order valence-electron chi connectivity index (χ1n) is 9.41. The molecule has 0 bridgehead atoms. The highest BCUT2D eigenvalue weighted by Gasteiger charge is 2.27. The summed E-state index contributed by atoms with van der Waals surface area (Å²) in [5.74, 6) is 1.11. The van der Waals surface area contributed by atoms with E-state index in [-0.39, 0.29) is 23.8 Å². The number of carbonyl (C=O) groups excluding carboxylic acids is 2. The van der Waals surface area contributed by atoms with Crippen molar-refractivity contribution in [3.63, 3.8) is 0 Å². The standard InChI is InChI=1S/C20H30N2O3/c1-4-15(5-2)20(24)22-13-11-17(12-14-22)21-19(23)16-7-9-18(10-8-16)25-6-3/h7-10,15,17H,4-6,11-14H2,1-3H3,(H,21,23). The number of hydrogen-bond donors (Lipinski definition) is 1. The highest BCUT2D eigenvalue weighted by molar-refractivity contribution is 5.94. The topological polar surface area (TPSA) is 58.6 Å². The van der Waals surface area contributed by atoms with Crippen molar-refractivity contribution in [3.05, 3.63) is 29.8 Å². The molecule has 0 saturated carbocycles. The lowest BCUT2D eigenvalue weighted by atomic mass is 9.98. The first-order chi connectivity index (χ1) is 12.1. The monoisotopic (exact) mass is 346 g/mol.